The number of Topliss-reactive ketones (excluding diaryl/α,β-unsaturated/α-hetero) is 2. The minimum atomic E-state index is -4.76. The Hall–Kier alpha value is -3.66. The molecule has 204 valence electrons. The summed E-state index contributed by atoms with van der Waals surface area (Å²) in [7, 11) is 0. The second kappa shape index (κ2) is 10.1. The summed E-state index contributed by atoms with van der Waals surface area (Å²) in [6, 6.07) is 6.62. The lowest BCUT2D eigenvalue weighted by molar-refractivity contribution is -0.385. The SMILES string of the molecule is CCN1C2=C(C(=O)CCC2)C(c2ccc(Oc3ccc(C(F)(F)F)cc3[N+](=O)[O-])c(Cl)c2)C2=C1CCCC2=O. The molecule has 2 aliphatic carbocycles. The van der Waals surface area contributed by atoms with Crippen LogP contribution >= 0.6 is 11.6 Å². The van der Waals surface area contributed by atoms with Crippen molar-refractivity contribution in [3.63, 3.8) is 0 Å². The molecule has 0 unspecified atom stereocenters. The van der Waals surface area contributed by atoms with E-state index in [0.29, 0.717) is 48.2 Å². The van der Waals surface area contributed by atoms with E-state index in [-0.39, 0.29) is 22.3 Å². The van der Waals surface area contributed by atoms with E-state index < -0.39 is 34.0 Å². The van der Waals surface area contributed by atoms with Gasteiger partial charge in [-0.2, -0.15) is 13.2 Å². The molecule has 11 heteroatoms. The minimum Gasteiger partial charge on any atom is -0.449 e. The number of rotatable bonds is 5. The van der Waals surface area contributed by atoms with E-state index in [0.717, 1.165) is 43.1 Å². The number of nitro benzene ring substituents is 1. The van der Waals surface area contributed by atoms with Gasteiger partial charge in [0.05, 0.1) is 15.5 Å². The number of carbonyl (C=O) groups is 2. The third kappa shape index (κ3) is 4.82. The number of ether oxygens (including phenoxy) is 1. The van der Waals surface area contributed by atoms with Crippen molar-refractivity contribution >= 4 is 28.9 Å². The van der Waals surface area contributed by atoms with Crippen LogP contribution in [-0.4, -0.2) is 27.9 Å². The molecule has 2 aromatic carbocycles. The summed E-state index contributed by atoms with van der Waals surface area (Å²) in [6.45, 7) is 2.64. The molecular weight excluding hydrogens is 537 g/mol. The Bertz CT molecular complexity index is 1420. The number of allylic oxidation sites excluding steroid dienone is 4. The summed E-state index contributed by atoms with van der Waals surface area (Å²) in [5.41, 5.74) is 1.63. The number of nitrogens with zero attached hydrogens (tertiary/aromatic N) is 2. The Kier molecular flexibility index (Phi) is 7.00. The Morgan fingerprint density at radius 1 is 0.974 bits per heavy atom. The maximum absolute atomic E-state index is 13.2. The molecule has 1 heterocycles. The van der Waals surface area contributed by atoms with Crippen molar-refractivity contribution in [3.8, 4) is 11.5 Å². The van der Waals surface area contributed by atoms with Crippen LogP contribution in [0.5, 0.6) is 11.5 Å². The zero-order valence-corrected chi connectivity index (χ0v) is 21.7. The minimum absolute atomic E-state index is 0.0115. The molecule has 0 radical (unpaired) electrons. The van der Waals surface area contributed by atoms with Gasteiger partial charge < -0.3 is 9.64 Å². The average Bonchev–Trinajstić information content (AvgIpc) is 2.88. The predicted molar refractivity (Wildman–Crippen MR) is 137 cm³/mol. The van der Waals surface area contributed by atoms with Gasteiger partial charge in [-0.25, -0.2) is 0 Å². The molecule has 0 fully saturated rings. The summed E-state index contributed by atoms with van der Waals surface area (Å²) >= 11 is 6.53. The van der Waals surface area contributed by atoms with Crippen LogP contribution in [0, 0.1) is 10.1 Å². The van der Waals surface area contributed by atoms with Gasteiger partial charge in [-0.15, -0.1) is 0 Å². The van der Waals surface area contributed by atoms with Crippen LogP contribution in [0.25, 0.3) is 0 Å². The number of alkyl halides is 3. The van der Waals surface area contributed by atoms with E-state index in [1.54, 1.807) is 12.1 Å². The van der Waals surface area contributed by atoms with Gasteiger partial charge in [0, 0.05) is 53.9 Å². The topological polar surface area (TPSA) is 89.8 Å². The number of nitro groups is 1. The molecule has 0 saturated heterocycles. The second-order valence-electron chi connectivity index (χ2n) is 9.68. The third-order valence-corrected chi connectivity index (χ3v) is 7.69. The van der Waals surface area contributed by atoms with Crippen LogP contribution < -0.4 is 4.74 Å². The summed E-state index contributed by atoms with van der Waals surface area (Å²) in [5.74, 6) is -1.03. The first-order chi connectivity index (χ1) is 18.5. The molecule has 39 heavy (non-hydrogen) atoms. The fourth-order valence-corrected chi connectivity index (χ4v) is 5.98. The predicted octanol–water partition coefficient (Wildman–Crippen LogP) is 7.49. The average molecular weight is 561 g/mol. The van der Waals surface area contributed by atoms with E-state index in [9.17, 15) is 32.9 Å². The van der Waals surface area contributed by atoms with Crippen molar-refractivity contribution in [2.24, 2.45) is 0 Å². The highest BCUT2D eigenvalue weighted by atomic mass is 35.5. The maximum Gasteiger partial charge on any atom is 0.416 e. The summed E-state index contributed by atoms with van der Waals surface area (Å²) in [4.78, 5) is 39.1. The van der Waals surface area contributed by atoms with Crippen LogP contribution in [0.4, 0.5) is 18.9 Å². The van der Waals surface area contributed by atoms with Crippen molar-refractivity contribution in [3.05, 3.63) is 85.2 Å². The highest BCUT2D eigenvalue weighted by Crippen LogP contribution is 2.50. The van der Waals surface area contributed by atoms with Crippen LogP contribution in [-0.2, 0) is 15.8 Å². The molecule has 1 aliphatic heterocycles. The zero-order chi connectivity index (χ0) is 28.1. The van der Waals surface area contributed by atoms with Crippen LogP contribution in [0.3, 0.4) is 0 Å². The first-order valence-electron chi connectivity index (χ1n) is 12.6. The van der Waals surface area contributed by atoms with Gasteiger partial charge in [0.2, 0.25) is 5.75 Å². The van der Waals surface area contributed by atoms with Crippen molar-refractivity contribution in [1.29, 1.82) is 0 Å². The quantitative estimate of drug-likeness (QED) is 0.278. The molecule has 5 rings (SSSR count). The van der Waals surface area contributed by atoms with Gasteiger partial charge in [0.15, 0.2) is 11.6 Å². The van der Waals surface area contributed by atoms with Crippen LogP contribution in [0.1, 0.15) is 62.5 Å². The second-order valence-corrected chi connectivity index (χ2v) is 10.1. The number of carbonyl (C=O) groups excluding carboxylic acids is 2. The lowest BCUT2D eigenvalue weighted by Gasteiger charge is -2.43. The third-order valence-electron chi connectivity index (χ3n) is 7.39. The van der Waals surface area contributed by atoms with E-state index in [1.807, 2.05) is 6.92 Å². The van der Waals surface area contributed by atoms with E-state index in [1.165, 1.54) is 6.07 Å². The molecule has 0 amide bonds. The molecule has 0 bridgehead atoms. The summed E-state index contributed by atoms with van der Waals surface area (Å²) < 4.78 is 44.8. The van der Waals surface area contributed by atoms with Crippen molar-refractivity contribution in [1.82, 2.24) is 4.90 Å². The van der Waals surface area contributed by atoms with Gasteiger partial charge in [-0.05, 0) is 62.4 Å². The zero-order valence-electron chi connectivity index (χ0n) is 20.9. The normalized spacial score (nSPS) is 18.3. The molecule has 0 aromatic heterocycles. The fraction of sp³-hybridized carbons (Fsp3) is 0.357. The Balaban J connectivity index is 1.56. The molecule has 0 atom stereocenters. The van der Waals surface area contributed by atoms with Crippen LogP contribution in [0.2, 0.25) is 5.02 Å². The molecule has 3 aliphatic rings. The number of ketones is 2. The molecule has 2 aromatic rings. The Morgan fingerprint density at radius 2 is 1.56 bits per heavy atom. The highest BCUT2D eigenvalue weighted by Gasteiger charge is 2.43. The lowest BCUT2D eigenvalue weighted by Crippen LogP contribution is -2.39. The summed E-state index contributed by atoms with van der Waals surface area (Å²) in [5, 5.41) is 11.5. The number of benzene rings is 2. The molecule has 0 N–H and O–H groups in total. The van der Waals surface area contributed by atoms with E-state index in [2.05, 4.69) is 4.90 Å². The van der Waals surface area contributed by atoms with Gasteiger partial charge >= 0.3 is 11.9 Å². The number of halogens is 4. The maximum atomic E-state index is 13.2. The summed E-state index contributed by atoms with van der Waals surface area (Å²) in [6.07, 6.45) is -1.07. The monoisotopic (exact) mass is 560 g/mol. The molecule has 0 saturated carbocycles. The highest BCUT2D eigenvalue weighted by molar-refractivity contribution is 6.32. The van der Waals surface area contributed by atoms with Gasteiger partial charge in [-0.3, -0.25) is 19.7 Å². The van der Waals surface area contributed by atoms with Gasteiger partial charge in [-0.1, -0.05) is 17.7 Å². The van der Waals surface area contributed by atoms with Crippen molar-refractivity contribution < 1.29 is 32.4 Å². The smallest absolute Gasteiger partial charge is 0.416 e. The standard InChI is InChI=1S/C28H24ClF3N2O5/c1-2-33-18-5-3-7-21(35)26(18)25(27-19(33)6-4-8-22(27)36)15-9-11-23(17(29)13-15)39-24-12-10-16(28(30,31)32)14-20(24)34(37)38/h9-14,25H,2-8H2,1H3. The van der Waals surface area contributed by atoms with Crippen LogP contribution in [0.15, 0.2) is 58.9 Å². The molecule has 7 nitrogen and oxygen atoms in total. The molecular formula is C28H24ClF3N2O5. The lowest BCUT2D eigenvalue weighted by atomic mass is 9.71. The van der Waals surface area contributed by atoms with Gasteiger partial charge in [0.1, 0.15) is 5.75 Å². The van der Waals surface area contributed by atoms with E-state index >= 15 is 0 Å². The van der Waals surface area contributed by atoms with E-state index in [4.69, 9.17) is 16.3 Å². The first kappa shape index (κ1) is 26.9. The Labute approximate surface area is 227 Å². The van der Waals surface area contributed by atoms with Gasteiger partial charge in [0.25, 0.3) is 0 Å². The van der Waals surface area contributed by atoms with Crippen molar-refractivity contribution in [2.75, 3.05) is 6.54 Å². The Morgan fingerprint density at radius 3 is 2.08 bits per heavy atom. The molecule has 0 spiro atoms. The fourth-order valence-electron chi connectivity index (χ4n) is 5.75. The number of hydrogen-bond acceptors (Lipinski definition) is 6. The largest absolute Gasteiger partial charge is 0.449 e. The first-order valence-corrected chi connectivity index (χ1v) is 13.0. The van der Waals surface area contributed by atoms with Crippen molar-refractivity contribution in [2.45, 2.75) is 57.5 Å². The number of hydrogen-bond donors (Lipinski definition) is 0.